The Hall–Kier alpha value is -1.36. The predicted octanol–water partition coefficient (Wildman–Crippen LogP) is 2.18. The molecule has 1 amide bonds. The summed E-state index contributed by atoms with van der Waals surface area (Å²) in [4.78, 5) is 25.7. The van der Waals surface area contributed by atoms with Crippen molar-refractivity contribution in [2.45, 2.75) is 57.4 Å². The first-order valence-corrected chi connectivity index (χ1v) is 8.42. The van der Waals surface area contributed by atoms with E-state index in [4.69, 9.17) is 0 Å². The Morgan fingerprint density at radius 1 is 1.32 bits per heavy atom. The third kappa shape index (κ3) is 4.32. The molecular weight excluding hydrogens is 280 g/mol. The van der Waals surface area contributed by atoms with Gasteiger partial charge in [0.15, 0.2) is 0 Å². The molecular formula is C17H28N2O3. The molecule has 1 unspecified atom stereocenters. The molecule has 2 aliphatic rings. The van der Waals surface area contributed by atoms with E-state index in [0.717, 1.165) is 25.8 Å². The Balaban J connectivity index is 1.80. The SMILES string of the molecule is C=CCC1(C(=O)O)CCCN(CCC(=O)NC2CCCC2)C1. The van der Waals surface area contributed by atoms with Gasteiger partial charge in [0.25, 0.3) is 0 Å². The van der Waals surface area contributed by atoms with Crippen LogP contribution in [0.2, 0.25) is 0 Å². The molecule has 1 heterocycles. The van der Waals surface area contributed by atoms with Gasteiger partial charge in [0.2, 0.25) is 5.91 Å². The van der Waals surface area contributed by atoms with Gasteiger partial charge in [-0.3, -0.25) is 9.59 Å². The van der Waals surface area contributed by atoms with E-state index in [0.29, 0.717) is 38.4 Å². The Labute approximate surface area is 132 Å². The molecule has 0 bridgehead atoms. The minimum Gasteiger partial charge on any atom is -0.481 e. The summed E-state index contributed by atoms with van der Waals surface area (Å²) in [6.45, 7) is 5.73. The smallest absolute Gasteiger partial charge is 0.311 e. The summed E-state index contributed by atoms with van der Waals surface area (Å²) in [7, 11) is 0. The molecule has 2 N–H and O–H groups in total. The first-order chi connectivity index (χ1) is 10.6. The number of carboxylic acids is 1. The average molecular weight is 308 g/mol. The molecule has 1 atom stereocenters. The van der Waals surface area contributed by atoms with Gasteiger partial charge in [-0.15, -0.1) is 6.58 Å². The molecule has 0 radical (unpaired) electrons. The number of allylic oxidation sites excluding steroid dienone is 1. The van der Waals surface area contributed by atoms with Crippen LogP contribution in [0.3, 0.4) is 0 Å². The summed E-state index contributed by atoms with van der Waals surface area (Å²) in [6, 6.07) is 0.354. The van der Waals surface area contributed by atoms with E-state index in [1.54, 1.807) is 6.08 Å². The van der Waals surface area contributed by atoms with Crippen molar-refractivity contribution in [2.24, 2.45) is 5.41 Å². The summed E-state index contributed by atoms with van der Waals surface area (Å²) < 4.78 is 0. The van der Waals surface area contributed by atoms with E-state index in [2.05, 4.69) is 16.8 Å². The van der Waals surface area contributed by atoms with Crippen molar-refractivity contribution in [3.05, 3.63) is 12.7 Å². The second-order valence-electron chi connectivity index (χ2n) is 6.76. The molecule has 1 saturated carbocycles. The largest absolute Gasteiger partial charge is 0.481 e. The topological polar surface area (TPSA) is 69.6 Å². The maximum atomic E-state index is 12.0. The summed E-state index contributed by atoms with van der Waals surface area (Å²) in [5.41, 5.74) is -0.720. The van der Waals surface area contributed by atoms with Gasteiger partial charge in [-0.25, -0.2) is 0 Å². The Bertz CT molecular complexity index is 418. The minimum absolute atomic E-state index is 0.0992. The monoisotopic (exact) mass is 308 g/mol. The fourth-order valence-corrected chi connectivity index (χ4v) is 3.75. The van der Waals surface area contributed by atoms with Crippen molar-refractivity contribution in [1.29, 1.82) is 0 Å². The quantitative estimate of drug-likeness (QED) is 0.707. The fourth-order valence-electron chi connectivity index (χ4n) is 3.75. The number of nitrogens with zero attached hydrogens (tertiary/aromatic N) is 1. The molecule has 5 nitrogen and oxygen atoms in total. The van der Waals surface area contributed by atoms with Crippen LogP contribution < -0.4 is 5.32 Å². The number of piperidine rings is 1. The van der Waals surface area contributed by atoms with E-state index < -0.39 is 11.4 Å². The molecule has 22 heavy (non-hydrogen) atoms. The maximum absolute atomic E-state index is 12.0. The second kappa shape index (κ2) is 7.77. The van der Waals surface area contributed by atoms with Gasteiger partial charge in [0.05, 0.1) is 5.41 Å². The van der Waals surface area contributed by atoms with Crippen LogP contribution in [0.25, 0.3) is 0 Å². The lowest BCUT2D eigenvalue weighted by atomic mass is 9.77. The van der Waals surface area contributed by atoms with Crippen LogP contribution in [0.4, 0.5) is 0 Å². The molecule has 0 aromatic rings. The molecule has 1 aliphatic carbocycles. The molecule has 0 spiro atoms. The number of hydrogen-bond acceptors (Lipinski definition) is 3. The number of aliphatic carboxylic acids is 1. The van der Waals surface area contributed by atoms with Gasteiger partial charge >= 0.3 is 5.97 Å². The normalized spacial score (nSPS) is 26.7. The molecule has 0 aromatic heterocycles. The van der Waals surface area contributed by atoms with E-state index in [-0.39, 0.29) is 5.91 Å². The summed E-state index contributed by atoms with van der Waals surface area (Å²) in [5, 5.41) is 12.6. The van der Waals surface area contributed by atoms with Crippen molar-refractivity contribution < 1.29 is 14.7 Å². The van der Waals surface area contributed by atoms with Crippen molar-refractivity contribution >= 4 is 11.9 Å². The van der Waals surface area contributed by atoms with Crippen LogP contribution in [0.1, 0.15) is 51.4 Å². The molecule has 2 fully saturated rings. The number of rotatable bonds is 7. The zero-order chi connectivity index (χ0) is 16.0. The van der Waals surface area contributed by atoms with Gasteiger partial charge in [-0.1, -0.05) is 18.9 Å². The van der Waals surface area contributed by atoms with Gasteiger partial charge < -0.3 is 15.3 Å². The van der Waals surface area contributed by atoms with Gasteiger partial charge in [0.1, 0.15) is 0 Å². The van der Waals surface area contributed by atoms with E-state index in [9.17, 15) is 14.7 Å². The van der Waals surface area contributed by atoms with Gasteiger partial charge in [-0.05, 0) is 38.6 Å². The highest BCUT2D eigenvalue weighted by Gasteiger charge is 2.41. The maximum Gasteiger partial charge on any atom is 0.311 e. The number of nitrogens with one attached hydrogen (secondary N) is 1. The molecule has 1 saturated heterocycles. The highest BCUT2D eigenvalue weighted by molar-refractivity contribution is 5.77. The first-order valence-electron chi connectivity index (χ1n) is 8.42. The van der Waals surface area contributed by atoms with Crippen LogP contribution in [0.15, 0.2) is 12.7 Å². The zero-order valence-electron chi connectivity index (χ0n) is 13.4. The van der Waals surface area contributed by atoms with Crippen LogP contribution in [0, 0.1) is 5.41 Å². The Morgan fingerprint density at radius 2 is 2.05 bits per heavy atom. The van der Waals surface area contributed by atoms with Crippen molar-refractivity contribution in [3.8, 4) is 0 Å². The molecule has 2 rings (SSSR count). The summed E-state index contributed by atoms with van der Waals surface area (Å²) in [6.07, 6.45) is 8.81. The van der Waals surface area contributed by atoms with Crippen molar-refractivity contribution in [3.63, 3.8) is 0 Å². The molecule has 1 aliphatic heterocycles. The highest BCUT2D eigenvalue weighted by Crippen LogP contribution is 2.34. The first kappa shape index (κ1) is 17.0. The van der Waals surface area contributed by atoms with Crippen molar-refractivity contribution in [1.82, 2.24) is 10.2 Å². The standard InChI is InChI=1S/C17H28N2O3/c1-2-9-17(16(21)22)10-5-11-19(13-17)12-8-15(20)18-14-6-3-4-7-14/h2,14H,1,3-13H2,(H,18,20)(H,21,22). The number of likely N-dealkylation sites (tertiary alicyclic amines) is 1. The summed E-state index contributed by atoms with van der Waals surface area (Å²) in [5.74, 6) is -0.644. The minimum atomic E-state index is -0.743. The van der Waals surface area contributed by atoms with Crippen molar-refractivity contribution in [2.75, 3.05) is 19.6 Å². The Morgan fingerprint density at radius 3 is 2.68 bits per heavy atom. The number of carbonyl (C=O) groups excluding carboxylic acids is 1. The molecule has 5 heteroatoms. The second-order valence-corrected chi connectivity index (χ2v) is 6.76. The molecule has 0 aromatic carbocycles. The zero-order valence-corrected chi connectivity index (χ0v) is 13.4. The van der Waals surface area contributed by atoms with Crippen LogP contribution in [0.5, 0.6) is 0 Å². The van der Waals surface area contributed by atoms with Crippen LogP contribution in [-0.4, -0.2) is 47.6 Å². The van der Waals surface area contributed by atoms with Crippen LogP contribution >= 0.6 is 0 Å². The lowest BCUT2D eigenvalue weighted by Gasteiger charge is -2.39. The fraction of sp³-hybridized carbons (Fsp3) is 0.765. The van der Waals surface area contributed by atoms with E-state index in [1.807, 2.05) is 0 Å². The Kier molecular flexibility index (Phi) is 6.00. The number of carboxylic acid groups (broad SMARTS) is 1. The van der Waals surface area contributed by atoms with E-state index >= 15 is 0 Å². The van der Waals surface area contributed by atoms with E-state index in [1.165, 1.54) is 12.8 Å². The third-order valence-corrected chi connectivity index (χ3v) is 5.02. The lowest BCUT2D eigenvalue weighted by Crippen LogP contribution is -2.48. The number of amides is 1. The average Bonchev–Trinajstić information content (AvgIpc) is 2.98. The van der Waals surface area contributed by atoms with Gasteiger partial charge in [0, 0.05) is 25.6 Å². The predicted molar refractivity (Wildman–Crippen MR) is 85.6 cm³/mol. The molecule has 124 valence electrons. The highest BCUT2D eigenvalue weighted by atomic mass is 16.4. The van der Waals surface area contributed by atoms with Crippen LogP contribution in [-0.2, 0) is 9.59 Å². The third-order valence-electron chi connectivity index (χ3n) is 5.02. The van der Waals surface area contributed by atoms with Gasteiger partial charge in [-0.2, -0.15) is 0 Å². The lowest BCUT2D eigenvalue weighted by molar-refractivity contribution is -0.152. The summed E-state index contributed by atoms with van der Waals surface area (Å²) >= 11 is 0. The number of hydrogen-bond donors (Lipinski definition) is 2. The number of carbonyl (C=O) groups is 2.